The standard InChI is InChI=1S/C21H22N6O4S/c1-30-18-11-16-17(12-19(18)31-2)22-13-23-20(16)25-6-8-26(9-7-25)21(32)24-14-4-3-5-15(10-14)27(28)29/h3-5,10-13H,6-9H2,1-2H3,(H,24,32). The van der Waals surface area contributed by atoms with E-state index in [2.05, 4.69) is 20.2 Å². The molecule has 1 aliphatic heterocycles. The first-order chi connectivity index (χ1) is 15.5. The molecule has 2 aromatic carbocycles. The van der Waals surface area contributed by atoms with Gasteiger partial charge in [-0.25, -0.2) is 9.97 Å². The molecule has 1 N–H and O–H groups in total. The number of ether oxygens (including phenoxy) is 2. The Kier molecular flexibility index (Phi) is 6.17. The van der Waals surface area contributed by atoms with Crippen LogP contribution in [-0.2, 0) is 0 Å². The van der Waals surface area contributed by atoms with Gasteiger partial charge in [-0.2, -0.15) is 0 Å². The maximum Gasteiger partial charge on any atom is 0.271 e. The van der Waals surface area contributed by atoms with Gasteiger partial charge in [0.2, 0.25) is 0 Å². The summed E-state index contributed by atoms with van der Waals surface area (Å²) in [4.78, 5) is 23.7. The van der Waals surface area contributed by atoms with Crippen molar-refractivity contribution in [3.63, 3.8) is 0 Å². The molecule has 10 nitrogen and oxygen atoms in total. The van der Waals surface area contributed by atoms with Gasteiger partial charge in [0.25, 0.3) is 5.69 Å². The van der Waals surface area contributed by atoms with E-state index >= 15 is 0 Å². The summed E-state index contributed by atoms with van der Waals surface area (Å²) in [7, 11) is 3.19. The van der Waals surface area contributed by atoms with E-state index in [1.54, 1.807) is 32.7 Å². The van der Waals surface area contributed by atoms with Crippen LogP contribution in [0.3, 0.4) is 0 Å². The summed E-state index contributed by atoms with van der Waals surface area (Å²) in [5.74, 6) is 2.07. The van der Waals surface area contributed by atoms with Crippen LogP contribution in [0.25, 0.3) is 10.9 Å². The van der Waals surface area contributed by atoms with E-state index in [0.717, 1.165) is 16.7 Å². The molecule has 3 aromatic rings. The molecule has 166 valence electrons. The predicted molar refractivity (Wildman–Crippen MR) is 126 cm³/mol. The lowest BCUT2D eigenvalue weighted by Gasteiger charge is -2.37. The van der Waals surface area contributed by atoms with Gasteiger partial charge in [0, 0.05) is 55.5 Å². The van der Waals surface area contributed by atoms with Crippen molar-refractivity contribution in [2.24, 2.45) is 0 Å². The van der Waals surface area contributed by atoms with E-state index in [-0.39, 0.29) is 5.69 Å². The Morgan fingerprint density at radius 3 is 2.50 bits per heavy atom. The molecule has 0 spiro atoms. The zero-order chi connectivity index (χ0) is 22.7. The van der Waals surface area contributed by atoms with Crippen LogP contribution in [0.5, 0.6) is 11.5 Å². The highest BCUT2D eigenvalue weighted by Gasteiger charge is 2.22. The molecule has 2 heterocycles. The zero-order valence-electron chi connectivity index (χ0n) is 17.6. The summed E-state index contributed by atoms with van der Waals surface area (Å²) in [6.45, 7) is 2.77. The van der Waals surface area contributed by atoms with E-state index in [1.807, 2.05) is 17.0 Å². The Morgan fingerprint density at radius 1 is 1.09 bits per heavy atom. The van der Waals surface area contributed by atoms with E-state index in [1.165, 1.54) is 12.1 Å². The molecule has 32 heavy (non-hydrogen) atoms. The number of benzene rings is 2. The normalized spacial score (nSPS) is 13.7. The molecule has 0 saturated carbocycles. The number of anilines is 2. The number of thiocarbonyl (C=S) groups is 1. The molecule has 0 radical (unpaired) electrons. The van der Waals surface area contributed by atoms with Crippen LogP contribution < -0.4 is 19.7 Å². The fourth-order valence-electron chi connectivity index (χ4n) is 3.64. The van der Waals surface area contributed by atoms with Gasteiger partial charge < -0.3 is 24.6 Å². The smallest absolute Gasteiger partial charge is 0.271 e. The number of nitrogens with one attached hydrogen (secondary N) is 1. The maximum absolute atomic E-state index is 11.0. The van der Waals surface area contributed by atoms with Gasteiger partial charge in [-0.1, -0.05) is 6.07 Å². The third-order valence-electron chi connectivity index (χ3n) is 5.29. The quantitative estimate of drug-likeness (QED) is 0.351. The number of non-ortho nitro benzene ring substituents is 1. The summed E-state index contributed by atoms with van der Waals surface area (Å²) in [6.07, 6.45) is 1.55. The number of rotatable bonds is 5. The van der Waals surface area contributed by atoms with Gasteiger partial charge in [-0.3, -0.25) is 10.1 Å². The summed E-state index contributed by atoms with van der Waals surface area (Å²) in [6, 6.07) is 10.0. The van der Waals surface area contributed by atoms with Crippen molar-refractivity contribution in [2.75, 3.05) is 50.6 Å². The first-order valence-electron chi connectivity index (χ1n) is 9.92. The summed E-state index contributed by atoms with van der Waals surface area (Å²) < 4.78 is 10.8. The number of nitro benzene ring substituents is 1. The molecular formula is C21H22N6O4S. The highest BCUT2D eigenvalue weighted by molar-refractivity contribution is 7.80. The Hall–Kier alpha value is -3.73. The molecule has 1 aliphatic rings. The highest BCUT2D eigenvalue weighted by Crippen LogP contribution is 2.35. The molecule has 1 aromatic heterocycles. The van der Waals surface area contributed by atoms with Gasteiger partial charge in [-0.05, 0) is 24.4 Å². The fraction of sp³-hybridized carbons (Fsp3) is 0.286. The van der Waals surface area contributed by atoms with Crippen LogP contribution in [0, 0.1) is 10.1 Å². The van der Waals surface area contributed by atoms with Gasteiger partial charge in [0.1, 0.15) is 12.1 Å². The van der Waals surface area contributed by atoms with Crippen LogP contribution >= 0.6 is 12.2 Å². The Balaban J connectivity index is 1.47. The Bertz CT molecular complexity index is 1170. The van der Waals surface area contributed by atoms with Crippen molar-refractivity contribution >= 4 is 45.4 Å². The third kappa shape index (κ3) is 4.33. The van der Waals surface area contributed by atoms with Crippen LogP contribution in [0.4, 0.5) is 17.2 Å². The number of hydrogen-bond donors (Lipinski definition) is 1. The van der Waals surface area contributed by atoms with Gasteiger partial charge in [0.05, 0.1) is 24.7 Å². The molecule has 1 fully saturated rings. The number of piperazine rings is 1. The average molecular weight is 455 g/mol. The molecule has 4 rings (SSSR count). The third-order valence-corrected chi connectivity index (χ3v) is 5.65. The maximum atomic E-state index is 11.0. The zero-order valence-corrected chi connectivity index (χ0v) is 18.5. The molecule has 0 unspecified atom stereocenters. The monoisotopic (exact) mass is 454 g/mol. The Morgan fingerprint density at radius 2 is 1.81 bits per heavy atom. The molecule has 0 atom stereocenters. The van der Waals surface area contributed by atoms with E-state index in [9.17, 15) is 10.1 Å². The summed E-state index contributed by atoms with van der Waals surface area (Å²) >= 11 is 5.53. The number of nitrogens with zero attached hydrogens (tertiary/aromatic N) is 5. The summed E-state index contributed by atoms with van der Waals surface area (Å²) in [5, 5.41) is 15.5. The topological polar surface area (TPSA) is 106 Å². The largest absolute Gasteiger partial charge is 0.493 e. The second kappa shape index (κ2) is 9.18. The summed E-state index contributed by atoms with van der Waals surface area (Å²) in [5.41, 5.74) is 1.39. The lowest BCUT2D eigenvalue weighted by atomic mass is 10.2. The van der Waals surface area contributed by atoms with Gasteiger partial charge in [-0.15, -0.1) is 0 Å². The molecule has 0 aliphatic carbocycles. The van der Waals surface area contributed by atoms with Crippen LogP contribution in [0.15, 0.2) is 42.7 Å². The number of hydrogen-bond acceptors (Lipinski definition) is 8. The molecule has 11 heteroatoms. The van der Waals surface area contributed by atoms with E-state index < -0.39 is 4.92 Å². The van der Waals surface area contributed by atoms with Crippen molar-refractivity contribution in [1.29, 1.82) is 0 Å². The second-order valence-electron chi connectivity index (χ2n) is 7.13. The number of fused-ring (bicyclic) bond motifs is 1. The molecule has 1 saturated heterocycles. The van der Waals surface area contributed by atoms with Crippen LogP contribution in [-0.4, -0.2) is 65.3 Å². The van der Waals surface area contributed by atoms with Crippen LogP contribution in [0.2, 0.25) is 0 Å². The van der Waals surface area contributed by atoms with Crippen molar-refractivity contribution in [3.05, 3.63) is 52.8 Å². The number of nitro groups is 1. The molecular weight excluding hydrogens is 432 g/mol. The van der Waals surface area contributed by atoms with Gasteiger partial charge >= 0.3 is 0 Å². The van der Waals surface area contributed by atoms with Crippen molar-refractivity contribution in [3.8, 4) is 11.5 Å². The minimum absolute atomic E-state index is 0.0188. The molecule has 0 bridgehead atoms. The van der Waals surface area contributed by atoms with Crippen LogP contribution in [0.1, 0.15) is 0 Å². The minimum Gasteiger partial charge on any atom is -0.493 e. The fourth-order valence-corrected chi connectivity index (χ4v) is 3.94. The number of methoxy groups -OCH3 is 2. The number of aromatic nitrogens is 2. The van der Waals surface area contributed by atoms with Crippen molar-refractivity contribution in [2.45, 2.75) is 0 Å². The lowest BCUT2D eigenvalue weighted by Crippen LogP contribution is -2.50. The first-order valence-corrected chi connectivity index (χ1v) is 10.3. The molecule has 0 amide bonds. The Labute approximate surface area is 189 Å². The van der Waals surface area contributed by atoms with E-state index in [4.69, 9.17) is 21.7 Å². The predicted octanol–water partition coefficient (Wildman–Crippen LogP) is 3.07. The second-order valence-corrected chi connectivity index (χ2v) is 7.52. The van der Waals surface area contributed by atoms with Gasteiger partial charge in [0.15, 0.2) is 16.6 Å². The SMILES string of the molecule is COc1cc2ncnc(N3CCN(C(=S)Nc4cccc([N+](=O)[O-])c4)CC3)c2cc1OC. The lowest BCUT2D eigenvalue weighted by molar-refractivity contribution is -0.384. The van der Waals surface area contributed by atoms with Crippen molar-refractivity contribution < 1.29 is 14.4 Å². The van der Waals surface area contributed by atoms with Crippen molar-refractivity contribution in [1.82, 2.24) is 14.9 Å². The minimum atomic E-state index is -0.427. The first kappa shape index (κ1) is 21.5. The average Bonchev–Trinajstić information content (AvgIpc) is 2.83. The van der Waals surface area contributed by atoms with E-state index in [0.29, 0.717) is 48.5 Å². The highest BCUT2D eigenvalue weighted by atomic mass is 32.1.